The molecule has 10 rings (SSSR count). The van der Waals surface area contributed by atoms with E-state index >= 15 is 0 Å². The SMILES string of the molecule is c1ccc(-c2nc(-c3ccccc3)nc(-c3cccc4oc5cc6nc(-c7cccc8c7sc7ccccc78)sc6cc5c34)n2)cc1. The van der Waals surface area contributed by atoms with Crippen molar-refractivity contribution in [3.05, 3.63) is 133 Å². The first-order valence-electron chi connectivity index (χ1n) is 15.3. The van der Waals surface area contributed by atoms with Gasteiger partial charge in [0.05, 0.1) is 10.2 Å². The van der Waals surface area contributed by atoms with Gasteiger partial charge in [-0.25, -0.2) is 19.9 Å². The number of thiazole rings is 1. The zero-order valence-corrected chi connectivity index (χ0v) is 26.3. The molecule has 6 aromatic carbocycles. The molecule has 0 atom stereocenters. The van der Waals surface area contributed by atoms with Gasteiger partial charge in [-0.2, -0.15) is 0 Å². The summed E-state index contributed by atoms with van der Waals surface area (Å²) in [6, 6.07) is 45.6. The molecule has 47 heavy (non-hydrogen) atoms. The Kier molecular flexibility index (Phi) is 5.85. The van der Waals surface area contributed by atoms with Crippen molar-refractivity contribution in [2.75, 3.05) is 0 Å². The minimum atomic E-state index is 0.604. The van der Waals surface area contributed by atoms with Gasteiger partial charge in [-0.15, -0.1) is 22.7 Å². The number of nitrogens with zero attached hydrogens (tertiary/aromatic N) is 4. The molecule has 0 aliphatic heterocycles. The third-order valence-electron chi connectivity index (χ3n) is 8.58. The molecule has 0 amide bonds. The highest BCUT2D eigenvalue weighted by Crippen LogP contribution is 2.44. The van der Waals surface area contributed by atoms with E-state index in [0.29, 0.717) is 17.5 Å². The minimum Gasteiger partial charge on any atom is -0.456 e. The van der Waals surface area contributed by atoms with Crippen molar-refractivity contribution in [2.24, 2.45) is 0 Å². The van der Waals surface area contributed by atoms with E-state index in [9.17, 15) is 0 Å². The number of furan rings is 1. The number of benzene rings is 6. The molecule has 0 aliphatic carbocycles. The monoisotopic (exact) mass is 638 g/mol. The Labute approximate surface area is 276 Å². The van der Waals surface area contributed by atoms with Crippen molar-refractivity contribution in [1.82, 2.24) is 19.9 Å². The lowest BCUT2D eigenvalue weighted by Crippen LogP contribution is -2.00. The van der Waals surface area contributed by atoms with Gasteiger partial charge in [0.1, 0.15) is 16.2 Å². The first-order valence-corrected chi connectivity index (χ1v) is 16.9. The molecule has 0 saturated heterocycles. The molecule has 0 bridgehead atoms. The quantitative estimate of drug-likeness (QED) is 0.192. The van der Waals surface area contributed by atoms with Crippen LogP contribution in [0.2, 0.25) is 0 Å². The lowest BCUT2D eigenvalue weighted by Gasteiger charge is -2.09. The number of aromatic nitrogens is 4. The fourth-order valence-electron chi connectivity index (χ4n) is 6.39. The minimum absolute atomic E-state index is 0.604. The second kappa shape index (κ2) is 10.4. The van der Waals surface area contributed by atoms with E-state index in [2.05, 4.69) is 60.7 Å². The summed E-state index contributed by atoms with van der Waals surface area (Å²) in [4.78, 5) is 20.0. The molecule has 0 saturated carbocycles. The molecule has 5 nitrogen and oxygen atoms in total. The van der Waals surface area contributed by atoms with Gasteiger partial charge < -0.3 is 4.42 Å². The molecular weight excluding hydrogens is 617 g/mol. The number of rotatable bonds is 4. The second-order valence-electron chi connectivity index (χ2n) is 11.4. The highest BCUT2D eigenvalue weighted by atomic mass is 32.1. The lowest BCUT2D eigenvalue weighted by molar-refractivity contribution is 0.669. The molecule has 0 unspecified atom stereocenters. The Morgan fingerprint density at radius 3 is 1.89 bits per heavy atom. The molecule has 0 N–H and O–H groups in total. The zero-order chi connectivity index (χ0) is 30.9. The molecule has 0 spiro atoms. The Morgan fingerprint density at radius 2 is 1.11 bits per heavy atom. The van der Waals surface area contributed by atoms with Crippen LogP contribution >= 0.6 is 22.7 Å². The summed E-state index contributed by atoms with van der Waals surface area (Å²) < 4.78 is 10.1. The first kappa shape index (κ1) is 26.5. The van der Waals surface area contributed by atoms with Crippen molar-refractivity contribution >= 4 is 75.0 Å². The summed E-state index contributed by atoms with van der Waals surface area (Å²) >= 11 is 3.54. The standard InChI is InChI=1S/C40H22N4OS2/c1-3-11-23(12-4-1)37-42-38(24-13-5-2-6-14-24)44-39(43-37)27-17-10-19-31-35(27)29-21-34-30(22-32(29)45-31)41-40(47-34)28-18-9-16-26-25-15-7-8-20-33(25)46-36(26)28/h1-22H. The van der Waals surface area contributed by atoms with E-state index in [1.807, 2.05) is 84.1 Å². The summed E-state index contributed by atoms with van der Waals surface area (Å²) in [5.41, 5.74) is 6.44. The van der Waals surface area contributed by atoms with Gasteiger partial charge in [0.15, 0.2) is 17.5 Å². The molecular formula is C40H22N4OS2. The number of hydrogen-bond acceptors (Lipinski definition) is 7. The van der Waals surface area contributed by atoms with E-state index in [4.69, 9.17) is 24.4 Å². The van der Waals surface area contributed by atoms with Gasteiger partial charge in [-0.3, -0.25) is 0 Å². The predicted octanol–water partition coefficient (Wildman–Crippen LogP) is 11.4. The van der Waals surface area contributed by atoms with Gasteiger partial charge in [-0.05, 0) is 18.2 Å². The fourth-order valence-corrected chi connectivity index (χ4v) is 8.69. The first-order chi connectivity index (χ1) is 23.3. The Morgan fingerprint density at radius 1 is 0.447 bits per heavy atom. The highest BCUT2D eigenvalue weighted by molar-refractivity contribution is 7.27. The Balaban J connectivity index is 1.17. The Hall–Kier alpha value is -5.76. The highest BCUT2D eigenvalue weighted by Gasteiger charge is 2.20. The normalized spacial score (nSPS) is 11.8. The summed E-state index contributed by atoms with van der Waals surface area (Å²) in [5.74, 6) is 1.86. The van der Waals surface area contributed by atoms with Gasteiger partial charge >= 0.3 is 0 Å². The van der Waals surface area contributed by atoms with Crippen molar-refractivity contribution < 1.29 is 4.42 Å². The van der Waals surface area contributed by atoms with E-state index in [0.717, 1.165) is 53.9 Å². The molecule has 0 aliphatic rings. The van der Waals surface area contributed by atoms with E-state index < -0.39 is 0 Å². The van der Waals surface area contributed by atoms with Gasteiger partial charge in [0, 0.05) is 59.3 Å². The second-order valence-corrected chi connectivity index (χ2v) is 13.5. The average molecular weight is 639 g/mol. The van der Waals surface area contributed by atoms with E-state index in [1.165, 1.54) is 25.7 Å². The molecule has 4 heterocycles. The zero-order valence-electron chi connectivity index (χ0n) is 24.7. The summed E-state index contributed by atoms with van der Waals surface area (Å²) in [6.45, 7) is 0. The van der Waals surface area contributed by atoms with Gasteiger partial charge in [0.25, 0.3) is 0 Å². The van der Waals surface area contributed by atoms with Crippen LogP contribution in [-0.4, -0.2) is 19.9 Å². The third-order valence-corrected chi connectivity index (χ3v) is 10.9. The van der Waals surface area contributed by atoms with E-state index in [-0.39, 0.29) is 0 Å². The van der Waals surface area contributed by atoms with Crippen LogP contribution in [0.25, 0.3) is 97.1 Å². The molecule has 0 radical (unpaired) electrons. The van der Waals surface area contributed by atoms with Crippen LogP contribution in [0.15, 0.2) is 138 Å². The van der Waals surface area contributed by atoms with Crippen LogP contribution in [0.4, 0.5) is 0 Å². The van der Waals surface area contributed by atoms with Crippen LogP contribution in [-0.2, 0) is 0 Å². The Bertz CT molecular complexity index is 2740. The van der Waals surface area contributed by atoms with Crippen LogP contribution in [0.1, 0.15) is 0 Å². The number of fused-ring (bicyclic) bond motifs is 7. The van der Waals surface area contributed by atoms with Crippen LogP contribution in [0.3, 0.4) is 0 Å². The van der Waals surface area contributed by atoms with Crippen LogP contribution in [0.5, 0.6) is 0 Å². The number of thiophene rings is 1. The maximum atomic E-state index is 6.47. The number of hydrogen-bond donors (Lipinski definition) is 0. The topological polar surface area (TPSA) is 64.7 Å². The average Bonchev–Trinajstić information content (AvgIpc) is 3.83. The smallest absolute Gasteiger partial charge is 0.164 e. The van der Waals surface area contributed by atoms with Crippen LogP contribution in [0, 0.1) is 0 Å². The largest absolute Gasteiger partial charge is 0.456 e. The molecule has 4 aromatic heterocycles. The molecule has 220 valence electrons. The van der Waals surface area contributed by atoms with Crippen molar-refractivity contribution in [1.29, 1.82) is 0 Å². The third kappa shape index (κ3) is 4.28. The van der Waals surface area contributed by atoms with Crippen molar-refractivity contribution in [3.8, 4) is 44.7 Å². The lowest BCUT2D eigenvalue weighted by atomic mass is 10.1. The maximum Gasteiger partial charge on any atom is 0.164 e. The van der Waals surface area contributed by atoms with Crippen molar-refractivity contribution in [2.45, 2.75) is 0 Å². The van der Waals surface area contributed by atoms with Gasteiger partial charge in [0.2, 0.25) is 0 Å². The molecule has 10 aromatic rings. The van der Waals surface area contributed by atoms with Crippen LogP contribution < -0.4 is 0 Å². The van der Waals surface area contributed by atoms with E-state index in [1.54, 1.807) is 11.3 Å². The summed E-state index contributed by atoms with van der Waals surface area (Å²) in [6.07, 6.45) is 0. The fraction of sp³-hybridized carbons (Fsp3) is 0. The molecule has 7 heteroatoms. The van der Waals surface area contributed by atoms with Crippen molar-refractivity contribution in [3.63, 3.8) is 0 Å². The summed E-state index contributed by atoms with van der Waals surface area (Å²) in [7, 11) is 0. The van der Waals surface area contributed by atoms with Gasteiger partial charge in [-0.1, -0.05) is 109 Å². The summed E-state index contributed by atoms with van der Waals surface area (Å²) in [5, 5.41) is 5.56. The molecule has 0 fully saturated rings. The predicted molar refractivity (Wildman–Crippen MR) is 195 cm³/mol. The maximum absolute atomic E-state index is 6.47.